The molecule has 6 nitrogen and oxygen atoms in total. The molecule has 1 amide bonds. The van der Waals surface area contributed by atoms with Gasteiger partial charge in [0.15, 0.2) is 0 Å². The smallest absolute Gasteiger partial charge is 0.221 e. The molecule has 0 spiro atoms. The summed E-state index contributed by atoms with van der Waals surface area (Å²) in [6.45, 7) is 1.26. The van der Waals surface area contributed by atoms with Crippen LogP contribution < -0.4 is 10.6 Å². The van der Waals surface area contributed by atoms with Crippen molar-refractivity contribution in [1.82, 2.24) is 0 Å². The first kappa shape index (κ1) is 13.8. The number of ether oxygens (including phenoxy) is 1. The minimum atomic E-state index is -0.652. The van der Waals surface area contributed by atoms with Gasteiger partial charge in [0.2, 0.25) is 5.91 Å². The Bertz CT molecular complexity index is 435. The highest BCUT2D eigenvalue weighted by Gasteiger charge is 2.33. The highest BCUT2D eigenvalue weighted by molar-refractivity contribution is 5.88. The third kappa shape index (κ3) is 3.66. The number of hydrogen-bond donors (Lipinski definition) is 4. The molecule has 0 unspecified atom stereocenters. The summed E-state index contributed by atoms with van der Waals surface area (Å²) in [5, 5.41) is 24.4. The molecule has 0 aliphatic carbocycles. The molecule has 0 saturated carbocycles. The molecular weight excluding hydrogens is 248 g/mol. The van der Waals surface area contributed by atoms with E-state index in [0.717, 1.165) is 11.4 Å². The van der Waals surface area contributed by atoms with Crippen LogP contribution in [0.25, 0.3) is 0 Å². The predicted octanol–water partition coefficient (Wildman–Crippen LogP) is 0.525. The number of aliphatic hydroxyl groups excluding tert-OH is 2. The highest BCUT2D eigenvalue weighted by atomic mass is 16.5. The van der Waals surface area contributed by atoms with Gasteiger partial charge in [-0.25, -0.2) is 0 Å². The summed E-state index contributed by atoms with van der Waals surface area (Å²) in [6.07, 6.45) is -1.07. The van der Waals surface area contributed by atoms with E-state index in [1.165, 1.54) is 6.92 Å². The Morgan fingerprint density at radius 2 is 2.00 bits per heavy atom. The average molecular weight is 266 g/mol. The van der Waals surface area contributed by atoms with Crippen molar-refractivity contribution >= 4 is 17.3 Å². The highest BCUT2D eigenvalue weighted by Crippen LogP contribution is 2.23. The summed E-state index contributed by atoms with van der Waals surface area (Å²) in [6, 6.07) is 7.18. The fraction of sp³-hybridized carbons (Fsp3) is 0.462. The van der Waals surface area contributed by atoms with Crippen LogP contribution >= 0.6 is 0 Å². The van der Waals surface area contributed by atoms with Gasteiger partial charge >= 0.3 is 0 Å². The maximum absolute atomic E-state index is 10.9. The van der Waals surface area contributed by atoms with Gasteiger partial charge in [-0.3, -0.25) is 4.79 Å². The quantitative estimate of drug-likeness (QED) is 0.638. The molecule has 1 aromatic carbocycles. The second-order valence-corrected chi connectivity index (χ2v) is 4.55. The minimum absolute atomic E-state index is 0.117. The lowest BCUT2D eigenvalue weighted by Gasteiger charge is -2.15. The zero-order valence-corrected chi connectivity index (χ0v) is 10.7. The number of carbonyl (C=O) groups is 1. The molecule has 104 valence electrons. The van der Waals surface area contributed by atoms with Crippen LogP contribution in [0.2, 0.25) is 0 Å². The Labute approximate surface area is 111 Å². The number of carbonyl (C=O) groups excluding carboxylic acids is 1. The van der Waals surface area contributed by atoms with Crippen LogP contribution in [0, 0.1) is 0 Å². The average Bonchev–Trinajstić information content (AvgIpc) is 2.71. The molecule has 0 bridgehead atoms. The standard InChI is InChI=1S/C13H18N2O4/c1-8(17)14-9-2-4-10(5-3-9)15-13-6-11(18)12(7-16)19-13/h2-5,11-13,15-16,18H,6-7H2,1H3,(H,14,17)/t11-,12+,13-/m0/s1. The molecule has 0 radical (unpaired) electrons. The lowest BCUT2D eigenvalue weighted by Crippen LogP contribution is -2.25. The SMILES string of the molecule is CC(=O)Nc1ccc(N[C@@H]2C[C@H](O)[C@@H](CO)O2)cc1. The minimum Gasteiger partial charge on any atom is -0.394 e. The third-order valence-corrected chi connectivity index (χ3v) is 2.94. The van der Waals surface area contributed by atoms with E-state index in [1.54, 1.807) is 12.1 Å². The molecule has 1 aliphatic heterocycles. The summed E-state index contributed by atoms with van der Waals surface area (Å²) in [7, 11) is 0. The summed E-state index contributed by atoms with van der Waals surface area (Å²) >= 11 is 0. The van der Waals surface area contributed by atoms with Gasteiger partial charge in [0.1, 0.15) is 12.3 Å². The second-order valence-electron chi connectivity index (χ2n) is 4.55. The van der Waals surface area contributed by atoms with Crippen molar-refractivity contribution in [2.75, 3.05) is 17.2 Å². The van der Waals surface area contributed by atoms with Crippen LogP contribution in [0.3, 0.4) is 0 Å². The van der Waals surface area contributed by atoms with Crippen molar-refractivity contribution in [2.45, 2.75) is 31.8 Å². The molecule has 2 rings (SSSR count). The van der Waals surface area contributed by atoms with Gasteiger partial charge in [-0.15, -0.1) is 0 Å². The summed E-state index contributed by atoms with van der Waals surface area (Å²) in [5.74, 6) is -0.117. The van der Waals surface area contributed by atoms with E-state index < -0.39 is 12.2 Å². The van der Waals surface area contributed by atoms with Crippen LogP contribution in [-0.2, 0) is 9.53 Å². The van der Waals surface area contributed by atoms with Gasteiger partial charge in [0.25, 0.3) is 0 Å². The molecule has 1 aliphatic rings. The summed E-state index contributed by atoms with van der Waals surface area (Å²) in [4.78, 5) is 10.9. The zero-order valence-electron chi connectivity index (χ0n) is 10.7. The Kier molecular flexibility index (Phi) is 4.36. The first-order chi connectivity index (χ1) is 9.08. The molecule has 19 heavy (non-hydrogen) atoms. The van der Waals surface area contributed by atoms with Gasteiger partial charge in [0.05, 0.1) is 12.7 Å². The normalized spacial score (nSPS) is 26.2. The van der Waals surface area contributed by atoms with Crippen molar-refractivity contribution < 1.29 is 19.7 Å². The van der Waals surface area contributed by atoms with Crippen molar-refractivity contribution in [1.29, 1.82) is 0 Å². The number of nitrogens with one attached hydrogen (secondary N) is 2. The van der Waals surface area contributed by atoms with E-state index >= 15 is 0 Å². The number of benzene rings is 1. The van der Waals surface area contributed by atoms with E-state index in [4.69, 9.17) is 9.84 Å². The Balaban J connectivity index is 1.91. The first-order valence-corrected chi connectivity index (χ1v) is 6.17. The van der Waals surface area contributed by atoms with E-state index in [2.05, 4.69) is 10.6 Å². The lowest BCUT2D eigenvalue weighted by molar-refractivity contribution is -0.114. The van der Waals surface area contributed by atoms with Gasteiger partial charge in [-0.05, 0) is 24.3 Å². The van der Waals surface area contributed by atoms with Crippen LogP contribution in [0.5, 0.6) is 0 Å². The summed E-state index contributed by atoms with van der Waals surface area (Å²) < 4.78 is 5.44. The van der Waals surface area contributed by atoms with Crippen molar-refractivity contribution in [3.8, 4) is 0 Å². The number of amides is 1. The molecule has 3 atom stereocenters. The molecule has 1 heterocycles. The maximum atomic E-state index is 10.9. The van der Waals surface area contributed by atoms with Gasteiger partial charge in [0, 0.05) is 24.7 Å². The maximum Gasteiger partial charge on any atom is 0.221 e. The number of hydrogen-bond acceptors (Lipinski definition) is 5. The Morgan fingerprint density at radius 1 is 1.37 bits per heavy atom. The van der Waals surface area contributed by atoms with E-state index in [1.807, 2.05) is 12.1 Å². The monoisotopic (exact) mass is 266 g/mol. The predicted molar refractivity (Wildman–Crippen MR) is 70.7 cm³/mol. The molecule has 1 saturated heterocycles. The summed E-state index contributed by atoms with van der Waals surface area (Å²) in [5.41, 5.74) is 1.54. The third-order valence-electron chi connectivity index (χ3n) is 2.94. The van der Waals surface area contributed by atoms with E-state index in [9.17, 15) is 9.90 Å². The lowest BCUT2D eigenvalue weighted by atomic mass is 10.2. The molecular formula is C13H18N2O4. The van der Waals surface area contributed by atoms with Crippen molar-refractivity contribution in [3.05, 3.63) is 24.3 Å². The fourth-order valence-corrected chi connectivity index (χ4v) is 2.02. The fourth-order valence-electron chi connectivity index (χ4n) is 2.02. The topological polar surface area (TPSA) is 90.8 Å². The van der Waals surface area contributed by atoms with Crippen molar-refractivity contribution in [3.63, 3.8) is 0 Å². The van der Waals surface area contributed by atoms with Crippen LogP contribution in [0.1, 0.15) is 13.3 Å². The molecule has 6 heteroatoms. The van der Waals surface area contributed by atoms with E-state index in [0.29, 0.717) is 6.42 Å². The number of anilines is 2. The molecule has 1 fully saturated rings. The Morgan fingerprint density at radius 3 is 2.53 bits per heavy atom. The van der Waals surface area contributed by atoms with Crippen molar-refractivity contribution in [2.24, 2.45) is 0 Å². The van der Waals surface area contributed by atoms with Crippen LogP contribution in [0.15, 0.2) is 24.3 Å². The number of rotatable bonds is 4. The van der Waals surface area contributed by atoms with E-state index in [-0.39, 0.29) is 18.7 Å². The first-order valence-electron chi connectivity index (χ1n) is 6.17. The molecule has 1 aromatic rings. The molecule has 0 aromatic heterocycles. The number of aliphatic hydroxyl groups is 2. The van der Waals surface area contributed by atoms with Crippen LogP contribution in [0.4, 0.5) is 11.4 Å². The largest absolute Gasteiger partial charge is 0.394 e. The molecule has 4 N–H and O–H groups in total. The van der Waals surface area contributed by atoms with Gasteiger partial charge < -0.3 is 25.6 Å². The zero-order chi connectivity index (χ0) is 13.8. The van der Waals surface area contributed by atoms with Crippen LogP contribution in [-0.4, -0.2) is 41.2 Å². The Hall–Kier alpha value is -1.63. The second kappa shape index (κ2) is 6.01. The van der Waals surface area contributed by atoms with Gasteiger partial charge in [-0.2, -0.15) is 0 Å². The van der Waals surface area contributed by atoms with Gasteiger partial charge in [-0.1, -0.05) is 0 Å².